The lowest BCUT2D eigenvalue weighted by Crippen LogP contribution is -2.33. The summed E-state index contributed by atoms with van der Waals surface area (Å²) < 4.78 is 0. The Labute approximate surface area is 136 Å². The first-order chi connectivity index (χ1) is 10.6. The third-order valence-corrected chi connectivity index (χ3v) is 4.27. The van der Waals surface area contributed by atoms with Gasteiger partial charge in [-0.25, -0.2) is 0 Å². The summed E-state index contributed by atoms with van der Waals surface area (Å²) in [5, 5.41) is 2.92. The molecule has 0 atom stereocenters. The van der Waals surface area contributed by atoms with E-state index < -0.39 is 0 Å². The van der Waals surface area contributed by atoms with E-state index in [0.717, 1.165) is 36.5 Å². The molecule has 1 aromatic rings. The lowest BCUT2D eigenvalue weighted by molar-refractivity contribution is -0.117. The number of thioether (sulfide) groups is 1. The SMILES string of the molecule is CCCCN(CC)CC(=O)Nc1ccccc1SCC(N)=O. The number of hydrogen-bond donors (Lipinski definition) is 2. The van der Waals surface area contributed by atoms with E-state index in [1.54, 1.807) is 0 Å². The Kier molecular flexibility index (Phi) is 8.62. The van der Waals surface area contributed by atoms with Gasteiger partial charge in [-0.15, -0.1) is 11.8 Å². The molecule has 0 bridgehead atoms. The minimum absolute atomic E-state index is 0.0370. The third-order valence-electron chi connectivity index (χ3n) is 3.17. The van der Waals surface area contributed by atoms with Crippen LogP contribution in [0.15, 0.2) is 29.2 Å². The van der Waals surface area contributed by atoms with Gasteiger partial charge in [0.25, 0.3) is 0 Å². The summed E-state index contributed by atoms with van der Waals surface area (Å²) in [6, 6.07) is 7.44. The largest absolute Gasteiger partial charge is 0.369 e. The second kappa shape index (κ2) is 10.2. The fourth-order valence-electron chi connectivity index (χ4n) is 1.97. The van der Waals surface area contributed by atoms with Crippen molar-refractivity contribution in [2.24, 2.45) is 5.73 Å². The highest BCUT2D eigenvalue weighted by Crippen LogP contribution is 2.26. The number of carbonyl (C=O) groups excluding carboxylic acids is 2. The maximum absolute atomic E-state index is 12.2. The Morgan fingerprint density at radius 1 is 1.27 bits per heavy atom. The molecule has 0 radical (unpaired) electrons. The molecule has 1 rings (SSSR count). The number of nitrogens with two attached hydrogens (primary N) is 1. The average molecular weight is 323 g/mol. The number of primary amides is 1. The van der Waals surface area contributed by atoms with Crippen LogP contribution in [0.1, 0.15) is 26.7 Å². The van der Waals surface area contributed by atoms with Gasteiger partial charge in [-0.2, -0.15) is 0 Å². The molecule has 0 aliphatic heterocycles. The number of carbonyl (C=O) groups is 2. The first kappa shape index (κ1) is 18.5. The van der Waals surface area contributed by atoms with Crippen LogP contribution in [-0.4, -0.2) is 42.1 Å². The van der Waals surface area contributed by atoms with Crippen molar-refractivity contribution in [1.82, 2.24) is 4.90 Å². The Balaban J connectivity index is 2.61. The van der Waals surface area contributed by atoms with Crippen molar-refractivity contribution in [2.75, 3.05) is 30.7 Å². The molecule has 0 fully saturated rings. The molecule has 0 spiro atoms. The number of unbranched alkanes of at least 4 members (excludes halogenated alkanes) is 1. The van der Waals surface area contributed by atoms with Crippen LogP contribution >= 0.6 is 11.8 Å². The van der Waals surface area contributed by atoms with Gasteiger partial charge in [-0.1, -0.05) is 32.4 Å². The highest BCUT2D eigenvalue weighted by atomic mass is 32.2. The van der Waals surface area contributed by atoms with Crippen LogP contribution in [0, 0.1) is 0 Å². The Bertz CT molecular complexity index is 494. The van der Waals surface area contributed by atoms with Gasteiger partial charge in [0.05, 0.1) is 18.0 Å². The molecule has 5 nitrogen and oxygen atoms in total. The molecule has 0 aliphatic rings. The molecular weight excluding hydrogens is 298 g/mol. The van der Waals surface area contributed by atoms with Crippen molar-refractivity contribution in [2.45, 2.75) is 31.6 Å². The minimum atomic E-state index is -0.372. The van der Waals surface area contributed by atoms with Gasteiger partial charge in [0, 0.05) is 4.90 Å². The van der Waals surface area contributed by atoms with E-state index in [1.807, 2.05) is 24.3 Å². The Hall–Kier alpha value is -1.53. The number of hydrogen-bond acceptors (Lipinski definition) is 4. The van der Waals surface area contributed by atoms with Crippen molar-refractivity contribution in [3.8, 4) is 0 Å². The summed E-state index contributed by atoms with van der Waals surface area (Å²) in [6.07, 6.45) is 2.21. The van der Waals surface area contributed by atoms with E-state index in [-0.39, 0.29) is 17.6 Å². The molecule has 3 N–H and O–H groups in total. The number of para-hydroxylation sites is 1. The van der Waals surface area contributed by atoms with Crippen molar-refractivity contribution in [1.29, 1.82) is 0 Å². The molecule has 0 saturated heterocycles. The molecule has 0 aliphatic carbocycles. The standard InChI is InChI=1S/C16H25N3O2S/c1-3-5-10-19(4-2)11-16(21)18-13-8-6-7-9-14(13)22-12-15(17)20/h6-9H,3-5,10-12H2,1-2H3,(H2,17,20)(H,18,21). The molecule has 1 aromatic carbocycles. The third kappa shape index (κ3) is 6.95. The van der Waals surface area contributed by atoms with Crippen molar-refractivity contribution >= 4 is 29.3 Å². The lowest BCUT2D eigenvalue weighted by atomic mass is 10.3. The number of nitrogens with one attached hydrogen (secondary N) is 1. The summed E-state index contributed by atoms with van der Waals surface area (Å²) in [7, 11) is 0. The van der Waals surface area contributed by atoms with Crippen LogP contribution in [0.3, 0.4) is 0 Å². The van der Waals surface area contributed by atoms with Gasteiger partial charge >= 0.3 is 0 Å². The van der Waals surface area contributed by atoms with Crippen LogP contribution in [0.4, 0.5) is 5.69 Å². The normalized spacial score (nSPS) is 10.7. The van der Waals surface area contributed by atoms with E-state index in [0.29, 0.717) is 6.54 Å². The Morgan fingerprint density at radius 2 is 2.00 bits per heavy atom. The summed E-state index contributed by atoms with van der Waals surface area (Å²) >= 11 is 1.33. The molecule has 0 heterocycles. The number of likely N-dealkylation sites (N-methyl/N-ethyl adjacent to an activating group) is 1. The molecule has 0 aromatic heterocycles. The highest BCUT2D eigenvalue weighted by Gasteiger charge is 2.11. The van der Waals surface area contributed by atoms with Crippen molar-refractivity contribution in [3.63, 3.8) is 0 Å². The van der Waals surface area contributed by atoms with Crippen molar-refractivity contribution < 1.29 is 9.59 Å². The first-order valence-corrected chi connectivity index (χ1v) is 8.57. The zero-order chi connectivity index (χ0) is 16.4. The predicted molar refractivity (Wildman–Crippen MR) is 92.0 cm³/mol. The highest BCUT2D eigenvalue weighted by molar-refractivity contribution is 8.00. The summed E-state index contributed by atoms with van der Waals surface area (Å²) in [4.78, 5) is 26.1. The lowest BCUT2D eigenvalue weighted by Gasteiger charge is -2.20. The van der Waals surface area contributed by atoms with Crippen LogP contribution in [-0.2, 0) is 9.59 Å². The van der Waals surface area contributed by atoms with E-state index in [9.17, 15) is 9.59 Å². The predicted octanol–water partition coefficient (Wildman–Crippen LogP) is 2.32. The monoisotopic (exact) mass is 323 g/mol. The number of anilines is 1. The number of benzene rings is 1. The van der Waals surface area contributed by atoms with Gasteiger partial charge in [0.1, 0.15) is 0 Å². The van der Waals surface area contributed by atoms with Crippen LogP contribution in [0.25, 0.3) is 0 Å². The molecule has 22 heavy (non-hydrogen) atoms. The van der Waals surface area contributed by atoms with E-state index in [1.165, 1.54) is 11.8 Å². The second-order valence-electron chi connectivity index (χ2n) is 5.02. The van der Waals surface area contributed by atoms with Gasteiger partial charge in [0.15, 0.2) is 0 Å². The van der Waals surface area contributed by atoms with E-state index in [2.05, 4.69) is 24.1 Å². The van der Waals surface area contributed by atoms with E-state index >= 15 is 0 Å². The Morgan fingerprint density at radius 3 is 2.64 bits per heavy atom. The smallest absolute Gasteiger partial charge is 0.238 e. The first-order valence-electron chi connectivity index (χ1n) is 7.59. The van der Waals surface area contributed by atoms with Gasteiger partial charge in [-0.3, -0.25) is 14.5 Å². The second-order valence-corrected chi connectivity index (χ2v) is 6.04. The number of amides is 2. The van der Waals surface area contributed by atoms with Crippen LogP contribution in [0.2, 0.25) is 0 Å². The maximum Gasteiger partial charge on any atom is 0.238 e. The average Bonchev–Trinajstić information content (AvgIpc) is 2.50. The zero-order valence-corrected chi connectivity index (χ0v) is 14.1. The fraction of sp³-hybridized carbons (Fsp3) is 0.500. The molecule has 0 saturated carbocycles. The summed E-state index contributed by atoms with van der Waals surface area (Å²) in [6.45, 7) is 6.36. The van der Waals surface area contributed by atoms with Crippen LogP contribution < -0.4 is 11.1 Å². The molecular formula is C16H25N3O2S. The molecule has 122 valence electrons. The number of nitrogens with zero attached hydrogens (tertiary/aromatic N) is 1. The minimum Gasteiger partial charge on any atom is -0.369 e. The molecule has 0 unspecified atom stereocenters. The maximum atomic E-state index is 12.2. The van der Waals surface area contributed by atoms with Gasteiger partial charge in [0.2, 0.25) is 11.8 Å². The van der Waals surface area contributed by atoms with Gasteiger partial charge < -0.3 is 11.1 Å². The van der Waals surface area contributed by atoms with Crippen molar-refractivity contribution in [3.05, 3.63) is 24.3 Å². The van der Waals surface area contributed by atoms with Crippen LogP contribution in [0.5, 0.6) is 0 Å². The van der Waals surface area contributed by atoms with E-state index in [4.69, 9.17) is 5.73 Å². The zero-order valence-electron chi connectivity index (χ0n) is 13.3. The number of rotatable bonds is 10. The summed E-state index contributed by atoms with van der Waals surface area (Å²) in [5.41, 5.74) is 5.90. The topological polar surface area (TPSA) is 75.4 Å². The fourth-order valence-corrected chi connectivity index (χ4v) is 2.72. The molecule has 6 heteroatoms. The summed E-state index contributed by atoms with van der Waals surface area (Å²) in [5.74, 6) is -0.210. The van der Waals surface area contributed by atoms with Gasteiger partial charge in [-0.05, 0) is 31.6 Å². The quantitative estimate of drug-likeness (QED) is 0.648. The molecule has 2 amide bonds.